The smallest absolute Gasteiger partial charge is 0.289 e. The average molecular weight is 425 g/mol. The van der Waals surface area contributed by atoms with E-state index in [1.807, 2.05) is 33.3 Å². The van der Waals surface area contributed by atoms with Gasteiger partial charge in [0.15, 0.2) is 5.76 Å². The second kappa shape index (κ2) is 8.82. The van der Waals surface area contributed by atoms with Crippen LogP contribution in [0.3, 0.4) is 0 Å². The molecule has 0 bridgehead atoms. The molecule has 0 aliphatic heterocycles. The summed E-state index contributed by atoms with van der Waals surface area (Å²) < 4.78 is 5.99. The third kappa shape index (κ3) is 5.23. The molecule has 1 aromatic carbocycles. The van der Waals surface area contributed by atoms with Gasteiger partial charge in [-0.1, -0.05) is 39.8 Å². The van der Waals surface area contributed by atoms with Crippen LogP contribution in [0.1, 0.15) is 85.5 Å². The highest BCUT2D eigenvalue weighted by Crippen LogP contribution is 2.46. The van der Waals surface area contributed by atoms with E-state index in [1.165, 1.54) is 35.1 Å². The van der Waals surface area contributed by atoms with Crippen molar-refractivity contribution < 1.29 is 9.21 Å². The highest BCUT2D eigenvalue weighted by atomic mass is 16.4. The molecule has 31 heavy (non-hydrogen) atoms. The number of aryl methyl sites for hydroxylation is 1. The summed E-state index contributed by atoms with van der Waals surface area (Å²) in [6.45, 7) is 13.3. The van der Waals surface area contributed by atoms with E-state index in [1.54, 1.807) is 4.90 Å². The van der Waals surface area contributed by atoms with Crippen LogP contribution in [0.4, 0.5) is 0 Å². The van der Waals surface area contributed by atoms with Gasteiger partial charge >= 0.3 is 0 Å². The number of fused-ring (bicyclic) bond motifs is 1. The number of nitrogens with zero attached hydrogens (tertiary/aromatic N) is 2. The van der Waals surface area contributed by atoms with Crippen molar-refractivity contribution in [1.82, 2.24) is 9.80 Å². The Hall–Kier alpha value is -2.07. The van der Waals surface area contributed by atoms with Crippen LogP contribution in [0.25, 0.3) is 0 Å². The Kier molecular flexibility index (Phi) is 6.71. The number of amides is 1. The van der Waals surface area contributed by atoms with Crippen molar-refractivity contribution in [3.8, 4) is 0 Å². The molecule has 4 heteroatoms. The van der Waals surface area contributed by atoms with Crippen molar-refractivity contribution in [3.63, 3.8) is 0 Å². The van der Waals surface area contributed by atoms with Crippen LogP contribution in [0.15, 0.2) is 28.7 Å². The van der Waals surface area contributed by atoms with Crippen LogP contribution in [-0.2, 0) is 17.3 Å². The van der Waals surface area contributed by atoms with E-state index < -0.39 is 0 Å². The van der Waals surface area contributed by atoms with Crippen LogP contribution in [0.5, 0.6) is 0 Å². The number of benzene rings is 1. The van der Waals surface area contributed by atoms with Crippen LogP contribution < -0.4 is 0 Å². The maximum atomic E-state index is 12.7. The molecule has 0 unspecified atom stereocenters. The van der Waals surface area contributed by atoms with Crippen molar-refractivity contribution in [1.29, 1.82) is 0 Å². The Morgan fingerprint density at radius 1 is 0.968 bits per heavy atom. The Bertz CT molecular complexity index is 937. The molecule has 1 aromatic heterocycles. The Balaban J connectivity index is 1.77. The zero-order chi connectivity index (χ0) is 23.0. The van der Waals surface area contributed by atoms with Gasteiger partial charge in [-0.15, -0.1) is 0 Å². The summed E-state index contributed by atoms with van der Waals surface area (Å²) in [4.78, 5) is 16.6. The third-order valence-corrected chi connectivity index (χ3v) is 6.99. The molecule has 0 saturated carbocycles. The van der Waals surface area contributed by atoms with Crippen LogP contribution in [0, 0.1) is 6.92 Å². The number of carbonyl (C=O) groups excluding carboxylic acids is 1. The minimum Gasteiger partial charge on any atom is -0.456 e. The monoisotopic (exact) mass is 424 g/mol. The lowest BCUT2D eigenvalue weighted by atomic mass is 9.62. The summed E-state index contributed by atoms with van der Waals surface area (Å²) in [6.07, 6.45) is 4.09. The zero-order valence-corrected chi connectivity index (χ0v) is 20.8. The lowest BCUT2D eigenvalue weighted by Crippen LogP contribution is -2.34. The third-order valence-electron chi connectivity index (χ3n) is 6.99. The predicted molar refractivity (Wildman–Crippen MR) is 128 cm³/mol. The van der Waals surface area contributed by atoms with Gasteiger partial charge in [0.25, 0.3) is 5.91 Å². The fourth-order valence-corrected chi connectivity index (χ4v) is 4.65. The number of rotatable bonds is 7. The molecule has 0 atom stereocenters. The lowest BCUT2D eigenvalue weighted by Gasteiger charge is -2.42. The molecule has 4 nitrogen and oxygen atoms in total. The van der Waals surface area contributed by atoms with Crippen molar-refractivity contribution >= 4 is 5.91 Å². The van der Waals surface area contributed by atoms with Gasteiger partial charge in [0.2, 0.25) is 0 Å². The molecule has 1 amide bonds. The molecule has 1 aliphatic carbocycles. The molecule has 0 radical (unpaired) electrons. The van der Waals surface area contributed by atoms with Crippen LogP contribution in [-0.4, -0.2) is 49.9 Å². The van der Waals surface area contributed by atoms with Gasteiger partial charge in [-0.05, 0) is 92.0 Å². The SMILES string of the molecule is Cc1cc2c(cc1Cc1ccc(C(=O)N(C)CCCN(C)C)o1)C(C)(C)CCC2(C)C. The fourth-order valence-electron chi connectivity index (χ4n) is 4.65. The normalized spacial score (nSPS) is 16.9. The quantitative estimate of drug-likeness (QED) is 0.584. The first-order valence-electron chi connectivity index (χ1n) is 11.5. The Morgan fingerprint density at radius 3 is 2.19 bits per heavy atom. The second-order valence-electron chi connectivity index (χ2n) is 10.9. The second-order valence-corrected chi connectivity index (χ2v) is 10.9. The van der Waals surface area contributed by atoms with Gasteiger partial charge in [0.1, 0.15) is 5.76 Å². The predicted octanol–water partition coefficient (Wildman–Crippen LogP) is 5.55. The molecule has 1 aliphatic rings. The Morgan fingerprint density at radius 2 is 1.58 bits per heavy atom. The van der Waals surface area contributed by atoms with Crippen molar-refractivity contribution in [2.45, 2.75) is 71.1 Å². The summed E-state index contributed by atoms with van der Waals surface area (Å²) in [5.74, 6) is 1.23. The number of carbonyl (C=O) groups is 1. The lowest BCUT2D eigenvalue weighted by molar-refractivity contribution is 0.0757. The largest absolute Gasteiger partial charge is 0.456 e. The van der Waals surface area contributed by atoms with Gasteiger partial charge in [-0.3, -0.25) is 4.79 Å². The number of hydrogen-bond donors (Lipinski definition) is 0. The standard InChI is InChI=1S/C27H40N2O2/c1-19-16-22-23(27(4,5)13-12-26(22,2)3)18-20(19)17-21-10-11-24(31-21)25(30)29(8)15-9-14-28(6)7/h10-11,16,18H,9,12-15,17H2,1-8H3. The summed E-state index contributed by atoms with van der Waals surface area (Å²) >= 11 is 0. The summed E-state index contributed by atoms with van der Waals surface area (Å²) in [6, 6.07) is 8.55. The molecule has 2 aromatic rings. The molecular formula is C27H40N2O2. The van der Waals surface area contributed by atoms with E-state index in [9.17, 15) is 4.79 Å². The van der Waals surface area contributed by atoms with E-state index in [0.717, 1.165) is 25.3 Å². The van der Waals surface area contributed by atoms with E-state index >= 15 is 0 Å². The van der Waals surface area contributed by atoms with Gasteiger partial charge in [0.05, 0.1) is 0 Å². The van der Waals surface area contributed by atoms with Gasteiger partial charge < -0.3 is 14.2 Å². The van der Waals surface area contributed by atoms with Gasteiger partial charge in [-0.2, -0.15) is 0 Å². The summed E-state index contributed by atoms with van der Waals surface area (Å²) in [5, 5.41) is 0. The zero-order valence-electron chi connectivity index (χ0n) is 20.8. The summed E-state index contributed by atoms with van der Waals surface area (Å²) in [7, 11) is 5.94. The Labute approximate surface area is 188 Å². The molecule has 0 spiro atoms. The fraction of sp³-hybridized carbons (Fsp3) is 0.593. The molecular weight excluding hydrogens is 384 g/mol. The van der Waals surface area contributed by atoms with Gasteiger partial charge in [0, 0.05) is 20.0 Å². The molecule has 0 N–H and O–H groups in total. The maximum absolute atomic E-state index is 12.7. The minimum atomic E-state index is -0.0462. The van der Waals surface area contributed by atoms with Gasteiger partial charge in [-0.25, -0.2) is 0 Å². The van der Waals surface area contributed by atoms with Crippen molar-refractivity contribution in [2.24, 2.45) is 0 Å². The topological polar surface area (TPSA) is 36.7 Å². The average Bonchev–Trinajstić information content (AvgIpc) is 3.14. The van der Waals surface area contributed by atoms with Crippen molar-refractivity contribution in [3.05, 3.63) is 58.0 Å². The van der Waals surface area contributed by atoms with Crippen LogP contribution >= 0.6 is 0 Å². The molecule has 0 fully saturated rings. The minimum absolute atomic E-state index is 0.0462. The van der Waals surface area contributed by atoms with E-state index in [2.05, 4.69) is 51.7 Å². The summed E-state index contributed by atoms with van der Waals surface area (Å²) in [5.41, 5.74) is 5.95. The highest BCUT2D eigenvalue weighted by molar-refractivity contribution is 5.91. The first-order valence-corrected chi connectivity index (χ1v) is 11.5. The van der Waals surface area contributed by atoms with E-state index in [0.29, 0.717) is 12.2 Å². The molecule has 3 rings (SSSR count). The highest BCUT2D eigenvalue weighted by Gasteiger charge is 2.37. The van der Waals surface area contributed by atoms with Crippen LogP contribution in [0.2, 0.25) is 0 Å². The number of furan rings is 1. The van der Waals surface area contributed by atoms with Crippen molar-refractivity contribution in [2.75, 3.05) is 34.2 Å². The van der Waals surface area contributed by atoms with E-state index in [-0.39, 0.29) is 16.7 Å². The van der Waals surface area contributed by atoms with E-state index in [4.69, 9.17) is 4.42 Å². The first kappa shape index (κ1) is 23.6. The molecule has 1 heterocycles. The molecule has 0 saturated heterocycles. The molecule has 170 valence electrons. The number of hydrogen-bond acceptors (Lipinski definition) is 3. The first-order chi connectivity index (χ1) is 14.4. The maximum Gasteiger partial charge on any atom is 0.289 e.